The van der Waals surface area contributed by atoms with Crippen LogP contribution in [0.1, 0.15) is 20.3 Å². The van der Waals surface area contributed by atoms with E-state index in [-0.39, 0.29) is 5.60 Å². The van der Waals surface area contributed by atoms with Gasteiger partial charge in [-0.25, -0.2) is 0 Å². The first-order valence-corrected chi connectivity index (χ1v) is 9.71. The predicted molar refractivity (Wildman–Crippen MR) is 100 cm³/mol. The number of morpholine rings is 2. The smallest absolute Gasteiger partial charge is 0.193 e. The number of nitrogens with one attached hydrogen (secondary N) is 1. The van der Waals surface area contributed by atoms with Gasteiger partial charge in [-0.2, -0.15) is 0 Å². The van der Waals surface area contributed by atoms with Crippen molar-refractivity contribution in [2.24, 2.45) is 4.99 Å². The molecule has 3 aliphatic heterocycles. The Morgan fingerprint density at radius 1 is 1.16 bits per heavy atom. The van der Waals surface area contributed by atoms with Crippen LogP contribution in [0, 0.1) is 0 Å². The van der Waals surface area contributed by atoms with E-state index < -0.39 is 0 Å². The maximum Gasteiger partial charge on any atom is 0.193 e. The minimum absolute atomic E-state index is 0.0275. The van der Waals surface area contributed by atoms with E-state index in [1.54, 1.807) is 0 Å². The van der Waals surface area contributed by atoms with Gasteiger partial charge < -0.3 is 19.7 Å². The second-order valence-electron chi connectivity index (χ2n) is 7.90. The van der Waals surface area contributed by atoms with Gasteiger partial charge in [0.25, 0.3) is 0 Å². The van der Waals surface area contributed by atoms with E-state index in [2.05, 4.69) is 38.9 Å². The molecule has 7 heteroatoms. The summed E-state index contributed by atoms with van der Waals surface area (Å²) in [4.78, 5) is 12.0. The lowest BCUT2D eigenvalue weighted by molar-refractivity contribution is -0.0852. The van der Waals surface area contributed by atoms with Gasteiger partial charge in [-0.1, -0.05) is 0 Å². The number of ether oxygens (including phenoxy) is 2. The van der Waals surface area contributed by atoms with Crippen LogP contribution in [0.5, 0.6) is 0 Å². The van der Waals surface area contributed by atoms with E-state index in [1.165, 1.54) is 6.42 Å². The average molecular weight is 354 g/mol. The molecule has 1 unspecified atom stereocenters. The quantitative estimate of drug-likeness (QED) is 0.571. The maximum atomic E-state index is 5.79. The van der Waals surface area contributed by atoms with Gasteiger partial charge in [-0.15, -0.1) is 0 Å². The van der Waals surface area contributed by atoms with Crippen LogP contribution in [-0.2, 0) is 9.47 Å². The van der Waals surface area contributed by atoms with Crippen LogP contribution >= 0.6 is 0 Å². The van der Waals surface area contributed by atoms with Crippen molar-refractivity contribution in [2.45, 2.75) is 31.9 Å². The predicted octanol–water partition coefficient (Wildman–Crippen LogP) is 0.0791. The molecule has 0 aromatic carbocycles. The summed E-state index contributed by atoms with van der Waals surface area (Å²) in [5, 5.41) is 3.56. The van der Waals surface area contributed by atoms with Crippen LogP contribution in [-0.4, -0.2) is 112 Å². The summed E-state index contributed by atoms with van der Waals surface area (Å²) in [6.07, 6.45) is 1.22. The molecule has 1 atom stereocenters. The van der Waals surface area contributed by atoms with Crippen molar-refractivity contribution in [1.29, 1.82) is 0 Å². The Balaban J connectivity index is 1.41. The van der Waals surface area contributed by atoms with Gasteiger partial charge >= 0.3 is 0 Å². The van der Waals surface area contributed by atoms with Gasteiger partial charge in [-0.3, -0.25) is 14.8 Å². The van der Waals surface area contributed by atoms with Gasteiger partial charge in [0.1, 0.15) is 0 Å². The molecule has 0 aromatic rings. The van der Waals surface area contributed by atoms with Crippen molar-refractivity contribution in [1.82, 2.24) is 20.0 Å². The summed E-state index contributed by atoms with van der Waals surface area (Å²) >= 11 is 0. The third-order valence-electron chi connectivity index (χ3n) is 5.45. The fraction of sp³-hybridized carbons (Fsp3) is 0.944. The summed E-state index contributed by atoms with van der Waals surface area (Å²) in [7, 11) is 1.89. The summed E-state index contributed by atoms with van der Waals surface area (Å²) in [6, 6.07) is 0.641. The molecule has 0 spiro atoms. The Kier molecular flexibility index (Phi) is 6.55. The molecule has 0 saturated carbocycles. The molecular formula is C18H35N5O2. The maximum absolute atomic E-state index is 5.79. The lowest BCUT2D eigenvalue weighted by Crippen LogP contribution is -2.51. The second kappa shape index (κ2) is 8.66. The molecule has 0 bridgehead atoms. The normalized spacial score (nSPS) is 29.2. The SMILES string of the molecule is CN=C(NCCN1CCOC(C)(C)C1)N1CCC(N2CCOCC2)C1. The standard InChI is InChI=1S/C18H35N5O2/c1-18(2)15-21(8-13-25-18)7-5-20-17(19-3)23-6-4-16(14-23)22-9-11-24-12-10-22/h16H,4-15H2,1-3H3,(H,19,20). The monoisotopic (exact) mass is 353 g/mol. The highest BCUT2D eigenvalue weighted by Gasteiger charge is 2.30. The van der Waals surface area contributed by atoms with Gasteiger partial charge in [0, 0.05) is 65.4 Å². The Bertz CT molecular complexity index is 451. The highest BCUT2D eigenvalue weighted by Crippen LogP contribution is 2.17. The lowest BCUT2D eigenvalue weighted by Gasteiger charge is -2.38. The molecule has 3 aliphatic rings. The Hall–Kier alpha value is -0.890. The molecule has 3 fully saturated rings. The van der Waals surface area contributed by atoms with E-state index in [0.717, 1.165) is 78.1 Å². The van der Waals surface area contributed by atoms with Gasteiger partial charge in [-0.05, 0) is 20.3 Å². The van der Waals surface area contributed by atoms with E-state index in [4.69, 9.17) is 9.47 Å². The molecular weight excluding hydrogens is 318 g/mol. The van der Waals surface area contributed by atoms with Gasteiger partial charge in [0.05, 0.1) is 25.4 Å². The van der Waals surface area contributed by atoms with Crippen molar-refractivity contribution in [3.63, 3.8) is 0 Å². The summed E-state index contributed by atoms with van der Waals surface area (Å²) in [6.45, 7) is 15.2. The van der Waals surface area contributed by atoms with Crippen LogP contribution in [0.15, 0.2) is 4.99 Å². The molecule has 25 heavy (non-hydrogen) atoms. The van der Waals surface area contributed by atoms with Crippen molar-refractivity contribution >= 4 is 5.96 Å². The molecule has 7 nitrogen and oxygen atoms in total. The largest absolute Gasteiger partial charge is 0.379 e. The van der Waals surface area contributed by atoms with Crippen LogP contribution in [0.4, 0.5) is 0 Å². The lowest BCUT2D eigenvalue weighted by atomic mass is 10.1. The summed E-state index contributed by atoms with van der Waals surface area (Å²) < 4.78 is 11.3. The number of guanidine groups is 1. The van der Waals surface area contributed by atoms with Crippen LogP contribution in [0.25, 0.3) is 0 Å². The molecule has 0 amide bonds. The third-order valence-corrected chi connectivity index (χ3v) is 5.45. The minimum Gasteiger partial charge on any atom is -0.379 e. The zero-order valence-electron chi connectivity index (χ0n) is 16.2. The Morgan fingerprint density at radius 3 is 2.68 bits per heavy atom. The second-order valence-corrected chi connectivity index (χ2v) is 7.90. The zero-order valence-corrected chi connectivity index (χ0v) is 16.2. The molecule has 3 rings (SSSR count). The molecule has 0 aromatic heterocycles. The summed E-state index contributed by atoms with van der Waals surface area (Å²) in [5.41, 5.74) is -0.0275. The molecule has 144 valence electrons. The number of hydrogen-bond acceptors (Lipinski definition) is 5. The number of likely N-dealkylation sites (tertiary alicyclic amines) is 1. The summed E-state index contributed by atoms with van der Waals surface area (Å²) in [5.74, 6) is 1.04. The van der Waals surface area contributed by atoms with E-state index in [1.807, 2.05) is 7.05 Å². The van der Waals surface area contributed by atoms with E-state index in [0.29, 0.717) is 6.04 Å². The first-order valence-electron chi connectivity index (χ1n) is 9.71. The van der Waals surface area contributed by atoms with Crippen molar-refractivity contribution in [2.75, 3.05) is 79.2 Å². The molecule has 3 saturated heterocycles. The third kappa shape index (κ3) is 5.29. The van der Waals surface area contributed by atoms with E-state index in [9.17, 15) is 0 Å². The molecule has 3 heterocycles. The van der Waals surface area contributed by atoms with Crippen molar-refractivity contribution < 1.29 is 9.47 Å². The van der Waals surface area contributed by atoms with Crippen LogP contribution in [0.2, 0.25) is 0 Å². The number of hydrogen-bond donors (Lipinski definition) is 1. The topological polar surface area (TPSA) is 52.6 Å². The Labute approximate surface area is 152 Å². The molecule has 0 aliphatic carbocycles. The van der Waals surface area contributed by atoms with Crippen molar-refractivity contribution in [3.8, 4) is 0 Å². The highest BCUT2D eigenvalue weighted by atomic mass is 16.5. The number of aliphatic imine (C=N–C) groups is 1. The van der Waals surface area contributed by atoms with Crippen molar-refractivity contribution in [3.05, 3.63) is 0 Å². The number of nitrogens with zero attached hydrogens (tertiary/aromatic N) is 4. The first-order chi connectivity index (χ1) is 12.1. The van der Waals surface area contributed by atoms with Crippen LogP contribution in [0.3, 0.4) is 0 Å². The number of rotatable bonds is 4. The fourth-order valence-electron chi connectivity index (χ4n) is 4.14. The minimum atomic E-state index is -0.0275. The average Bonchev–Trinajstić information content (AvgIpc) is 3.08. The van der Waals surface area contributed by atoms with Crippen LogP contribution < -0.4 is 5.32 Å². The fourth-order valence-corrected chi connectivity index (χ4v) is 4.14. The zero-order chi connectivity index (χ0) is 17.7. The van der Waals surface area contributed by atoms with E-state index >= 15 is 0 Å². The van der Waals surface area contributed by atoms with Gasteiger partial charge in [0.15, 0.2) is 5.96 Å². The first kappa shape index (κ1) is 18.9. The highest BCUT2D eigenvalue weighted by molar-refractivity contribution is 5.80. The molecule has 1 N–H and O–H groups in total. The molecule has 0 radical (unpaired) electrons. The Morgan fingerprint density at radius 2 is 1.96 bits per heavy atom. The van der Waals surface area contributed by atoms with Gasteiger partial charge in [0.2, 0.25) is 0 Å².